The summed E-state index contributed by atoms with van der Waals surface area (Å²) in [5.74, 6) is -2.94. The van der Waals surface area contributed by atoms with Crippen LogP contribution in [0.5, 0.6) is 0 Å². The van der Waals surface area contributed by atoms with Crippen molar-refractivity contribution in [2.45, 2.75) is 82.8 Å². The number of unbranched alkanes of at least 4 members (excludes halogenated alkanes) is 4. The van der Waals surface area contributed by atoms with Crippen molar-refractivity contribution >= 4 is 14.6 Å². The minimum Gasteiger partial charge on any atom is -0.212 e. The molecule has 1 aliphatic heterocycles. The summed E-state index contributed by atoms with van der Waals surface area (Å²) in [6, 6.07) is 6.54. The van der Waals surface area contributed by atoms with Crippen LogP contribution in [0.15, 0.2) is 18.5 Å². The Morgan fingerprint density at radius 3 is 2.30 bits per heavy atom. The Kier molecular flexibility index (Phi) is 9.59. The minimum absolute atomic E-state index is 0.409. The fourth-order valence-corrected chi connectivity index (χ4v) is 7.89. The van der Waals surface area contributed by atoms with Gasteiger partial charge in [0.2, 0.25) is 0 Å². The van der Waals surface area contributed by atoms with E-state index in [9.17, 15) is 17.6 Å². The van der Waals surface area contributed by atoms with E-state index >= 15 is 0 Å². The van der Waals surface area contributed by atoms with Crippen LogP contribution < -0.4 is 0 Å². The molecular weight excluding hydrogens is 368 g/mol. The van der Waals surface area contributed by atoms with Crippen molar-refractivity contribution in [1.29, 1.82) is 0 Å². The summed E-state index contributed by atoms with van der Waals surface area (Å²) in [5, 5.41) is 0. The smallest absolute Gasteiger partial charge is 0.164 e. The summed E-state index contributed by atoms with van der Waals surface area (Å²) >= 11 is 0. The van der Waals surface area contributed by atoms with Crippen molar-refractivity contribution in [3.63, 3.8) is 0 Å². The van der Waals surface area contributed by atoms with E-state index in [1.54, 1.807) is 0 Å². The molecule has 0 spiro atoms. The van der Waals surface area contributed by atoms with Crippen molar-refractivity contribution in [2.75, 3.05) is 0 Å². The van der Waals surface area contributed by atoms with E-state index < -0.39 is 38.2 Å². The maximum absolute atomic E-state index is 13.9. The molecule has 152 valence electrons. The van der Waals surface area contributed by atoms with Gasteiger partial charge < -0.3 is 0 Å². The van der Waals surface area contributed by atoms with Gasteiger partial charge in [-0.2, -0.15) is 0 Å². The van der Waals surface area contributed by atoms with Gasteiger partial charge in [-0.05, 0) is 36.5 Å². The lowest BCUT2D eigenvalue weighted by Crippen LogP contribution is -2.21. The second-order valence-corrected chi connectivity index (χ2v) is 11.5. The van der Waals surface area contributed by atoms with Gasteiger partial charge in [0.15, 0.2) is 5.83 Å². The van der Waals surface area contributed by atoms with Gasteiger partial charge in [-0.3, -0.25) is 0 Å². The largest absolute Gasteiger partial charge is 0.212 e. The Balaban J connectivity index is 1.74. The SMILES string of the molecule is CCCCCCC[SiH]1CCC(CCc2cc(F)c(/C(F)=C/F)c(F)c2)CC1. The third-order valence-electron chi connectivity index (χ3n) is 5.96. The molecule has 0 N–H and O–H groups in total. The molecule has 0 aromatic heterocycles. The zero-order chi connectivity index (χ0) is 19.6. The lowest BCUT2D eigenvalue weighted by molar-refractivity contribution is 0.435. The average Bonchev–Trinajstić information content (AvgIpc) is 2.66. The first kappa shape index (κ1) is 22.2. The summed E-state index contributed by atoms with van der Waals surface area (Å²) in [4.78, 5) is 0. The quantitative estimate of drug-likeness (QED) is 0.214. The van der Waals surface area contributed by atoms with Gasteiger partial charge in [0, 0.05) is 8.80 Å². The van der Waals surface area contributed by atoms with E-state index in [2.05, 4.69) is 6.92 Å². The molecule has 0 nitrogen and oxygen atoms in total. The number of hydrogen-bond donors (Lipinski definition) is 0. The normalized spacial score (nSPS) is 20.9. The Labute approximate surface area is 162 Å². The van der Waals surface area contributed by atoms with Gasteiger partial charge in [-0.1, -0.05) is 70.0 Å². The summed E-state index contributed by atoms with van der Waals surface area (Å²) in [7, 11) is -0.557. The molecule has 0 atom stereocenters. The first-order valence-corrected chi connectivity index (χ1v) is 12.9. The van der Waals surface area contributed by atoms with E-state index in [4.69, 9.17) is 0 Å². The molecule has 1 aliphatic rings. The van der Waals surface area contributed by atoms with Gasteiger partial charge in [-0.15, -0.1) is 0 Å². The minimum atomic E-state index is -1.51. The zero-order valence-electron chi connectivity index (χ0n) is 16.4. The summed E-state index contributed by atoms with van der Waals surface area (Å²) in [6.45, 7) is 2.24. The summed E-state index contributed by atoms with van der Waals surface area (Å²) in [5.41, 5.74) is -0.387. The van der Waals surface area contributed by atoms with Crippen LogP contribution in [0.25, 0.3) is 5.83 Å². The fourth-order valence-electron chi connectivity index (χ4n) is 4.27. The predicted octanol–water partition coefficient (Wildman–Crippen LogP) is 7.74. The van der Waals surface area contributed by atoms with Gasteiger partial charge >= 0.3 is 0 Å². The van der Waals surface area contributed by atoms with Gasteiger partial charge in [-0.25, -0.2) is 17.6 Å². The summed E-state index contributed by atoms with van der Waals surface area (Å²) < 4.78 is 53.2. The van der Waals surface area contributed by atoms with Crippen LogP contribution in [0, 0.1) is 17.6 Å². The molecule has 1 aromatic rings. The third-order valence-corrected chi connectivity index (χ3v) is 9.48. The molecule has 1 aromatic carbocycles. The van der Waals surface area contributed by atoms with Crippen molar-refractivity contribution in [1.82, 2.24) is 0 Å². The topological polar surface area (TPSA) is 0 Å². The van der Waals surface area contributed by atoms with Crippen LogP contribution in [0.2, 0.25) is 18.1 Å². The highest BCUT2D eigenvalue weighted by atomic mass is 28.3. The molecule has 1 saturated heterocycles. The van der Waals surface area contributed by atoms with E-state index in [1.807, 2.05) is 0 Å². The number of hydrogen-bond acceptors (Lipinski definition) is 0. The maximum Gasteiger partial charge on any atom is 0.164 e. The molecule has 0 bridgehead atoms. The Morgan fingerprint density at radius 2 is 1.70 bits per heavy atom. The number of aryl methyl sites for hydroxylation is 1. The first-order chi connectivity index (χ1) is 13.0. The number of halogens is 4. The monoisotopic (exact) mass is 400 g/mol. The van der Waals surface area contributed by atoms with Crippen LogP contribution in [0.4, 0.5) is 17.6 Å². The van der Waals surface area contributed by atoms with Crippen molar-refractivity contribution in [3.05, 3.63) is 41.2 Å². The van der Waals surface area contributed by atoms with E-state index in [1.165, 1.54) is 63.1 Å². The van der Waals surface area contributed by atoms with Crippen LogP contribution in [-0.2, 0) is 6.42 Å². The second-order valence-electron chi connectivity index (χ2n) is 8.02. The van der Waals surface area contributed by atoms with Crippen molar-refractivity contribution in [3.8, 4) is 0 Å². The zero-order valence-corrected chi connectivity index (χ0v) is 17.5. The highest BCUT2D eigenvalue weighted by molar-refractivity contribution is 6.58. The van der Waals surface area contributed by atoms with E-state index in [0.717, 1.165) is 18.6 Å². The molecule has 0 unspecified atom stereocenters. The molecule has 5 heteroatoms. The molecule has 1 fully saturated rings. The van der Waals surface area contributed by atoms with Crippen molar-refractivity contribution < 1.29 is 17.6 Å². The Morgan fingerprint density at radius 1 is 1.07 bits per heavy atom. The standard InChI is InChI=1S/C22H32F4Si/c1-2-3-4-5-6-11-27-12-9-17(10-13-27)7-8-18-14-19(24)22(20(25)15-18)21(26)16-23/h14-17,27H,2-13H2,1H3/b21-16-. The van der Waals surface area contributed by atoms with Gasteiger partial charge in [0.05, 0.1) is 5.56 Å². The van der Waals surface area contributed by atoms with Crippen LogP contribution in [0.3, 0.4) is 0 Å². The van der Waals surface area contributed by atoms with Crippen LogP contribution >= 0.6 is 0 Å². The van der Waals surface area contributed by atoms with Gasteiger partial charge in [0.1, 0.15) is 18.0 Å². The Hall–Kier alpha value is -1.10. The lowest BCUT2D eigenvalue weighted by atomic mass is 9.94. The predicted molar refractivity (Wildman–Crippen MR) is 108 cm³/mol. The number of benzene rings is 1. The fraction of sp³-hybridized carbons (Fsp3) is 0.636. The highest BCUT2D eigenvalue weighted by Gasteiger charge is 2.22. The van der Waals surface area contributed by atoms with Crippen molar-refractivity contribution in [2.24, 2.45) is 5.92 Å². The Bertz CT molecular complexity index is 583. The van der Waals surface area contributed by atoms with E-state index in [0.29, 0.717) is 17.9 Å². The molecule has 27 heavy (non-hydrogen) atoms. The molecule has 0 radical (unpaired) electrons. The third kappa shape index (κ3) is 7.09. The molecule has 0 aliphatic carbocycles. The second kappa shape index (κ2) is 11.7. The molecular formula is C22H32F4Si. The molecule has 0 saturated carbocycles. The molecule has 2 rings (SSSR count). The maximum atomic E-state index is 13.9. The average molecular weight is 401 g/mol. The first-order valence-electron chi connectivity index (χ1n) is 10.5. The summed E-state index contributed by atoms with van der Waals surface area (Å²) in [6.07, 6.45) is 10.4. The highest BCUT2D eigenvalue weighted by Crippen LogP contribution is 2.32. The van der Waals surface area contributed by atoms with Gasteiger partial charge in [0.25, 0.3) is 0 Å². The van der Waals surface area contributed by atoms with E-state index in [-0.39, 0.29) is 0 Å². The van der Waals surface area contributed by atoms with Crippen LogP contribution in [-0.4, -0.2) is 8.80 Å². The van der Waals surface area contributed by atoms with Crippen LogP contribution in [0.1, 0.15) is 69.4 Å². The number of rotatable bonds is 10. The molecule has 1 heterocycles. The lowest BCUT2D eigenvalue weighted by Gasteiger charge is -2.27. The molecule has 0 amide bonds.